The number of piperidine rings is 1. The second-order valence-electron chi connectivity index (χ2n) is 9.50. The molecule has 0 spiro atoms. The van der Waals surface area contributed by atoms with E-state index in [2.05, 4.69) is 40.9 Å². The van der Waals surface area contributed by atoms with Gasteiger partial charge < -0.3 is 20.5 Å². The summed E-state index contributed by atoms with van der Waals surface area (Å²) in [5.41, 5.74) is 11.2. The van der Waals surface area contributed by atoms with Gasteiger partial charge in [-0.3, -0.25) is 4.79 Å². The summed E-state index contributed by atoms with van der Waals surface area (Å²) in [5, 5.41) is 0. The number of aryl methyl sites for hydroxylation is 1. The molecule has 4 heterocycles. The third-order valence-corrected chi connectivity index (χ3v) is 7.67. The number of thiophene rings is 1. The first kappa shape index (κ1) is 23.4. The Morgan fingerprint density at radius 2 is 2.09 bits per heavy atom. The number of hydrogen-bond acceptors (Lipinski definition) is 5. The average Bonchev–Trinajstić information content (AvgIpc) is 3.33. The lowest BCUT2D eigenvalue weighted by atomic mass is 9.95. The molecule has 0 atom stereocenters. The van der Waals surface area contributed by atoms with Crippen LogP contribution in [0.4, 0.5) is 5.82 Å². The van der Waals surface area contributed by atoms with Crippen LogP contribution in [-0.4, -0.2) is 65.7 Å². The van der Waals surface area contributed by atoms with Crippen LogP contribution in [0.2, 0.25) is 0 Å². The standard InChI is InChI=1S/C25H34N6OS/c1-15(2)22-23(18-10-16(3)25(27-12-18)28-14-26)29-19-11-20(33-24(19)22)17-6-8-31(9-7-17)21(32)13-30(4)5/h10-12,14-15,17,29H,6-9,13H2,1-5H3,(H2,26,27,28). The number of nitrogens with zero attached hydrogens (tertiary/aromatic N) is 4. The SMILES string of the molecule is Cc1cc(-c2[nH]c3cc(C4CCN(C(=O)CN(C)C)CC4)sc3c2C(C)C)cnc1N=CN. The van der Waals surface area contributed by atoms with Gasteiger partial charge in [-0.2, -0.15) is 0 Å². The number of nitrogens with two attached hydrogens (primary N) is 1. The number of nitrogens with one attached hydrogen (secondary N) is 1. The molecule has 1 saturated heterocycles. The molecule has 1 amide bonds. The van der Waals surface area contributed by atoms with Crippen LogP contribution in [0.1, 0.15) is 54.5 Å². The van der Waals surface area contributed by atoms with Crippen molar-refractivity contribution in [1.82, 2.24) is 19.8 Å². The summed E-state index contributed by atoms with van der Waals surface area (Å²) in [6.07, 6.45) is 5.21. The number of hydrogen-bond donors (Lipinski definition) is 2. The van der Waals surface area contributed by atoms with E-state index in [1.54, 1.807) is 0 Å². The second-order valence-corrected chi connectivity index (χ2v) is 10.6. The Hall–Kier alpha value is -2.71. The molecule has 0 aliphatic carbocycles. The number of likely N-dealkylation sites (N-methyl/N-ethyl adjacent to an activating group) is 1. The van der Waals surface area contributed by atoms with Crippen LogP contribution in [0.15, 0.2) is 23.3 Å². The zero-order valence-corrected chi connectivity index (χ0v) is 21.0. The van der Waals surface area contributed by atoms with Crippen LogP contribution in [0.25, 0.3) is 21.5 Å². The summed E-state index contributed by atoms with van der Waals surface area (Å²) in [5.74, 6) is 1.78. The monoisotopic (exact) mass is 466 g/mol. The van der Waals surface area contributed by atoms with Gasteiger partial charge in [0.2, 0.25) is 5.91 Å². The van der Waals surface area contributed by atoms with Gasteiger partial charge >= 0.3 is 0 Å². The first-order valence-corrected chi connectivity index (χ1v) is 12.4. The van der Waals surface area contributed by atoms with Crippen molar-refractivity contribution in [3.63, 3.8) is 0 Å². The normalized spacial score (nSPS) is 15.5. The third kappa shape index (κ3) is 4.82. The Labute approximate surface area is 199 Å². The zero-order chi connectivity index (χ0) is 23.7. The lowest BCUT2D eigenvalue weighted by Gasteiger charge is -2.32. The van der Waals surface area contributed by atoms with Gasteiger partial charge in [0.25, 0.3) is 0 Å². The maximum atomic E-state index is 12.4. The number of amides is 1. The fourth-order valence-corrected chi connectivity index (χ4v) is 6.17. The lowest BCUT2D eigenvalue weighted by Crippen LogP contribution is -2.42. The van der Waals surface area contributed by atoms with Crippen LogP contribution in [-0.2, 0) is 4.79 Å². The Morgan fingerprint density at radius 3 is 2.70 bits per heavy atom. The van der Waals surface area contributed by atoms with E-state index < -0.39 is 0 Å². The number of H-pyrrole nitrogens is 1. The fraction of sp³-hybridized carbons (Fsp3) is 0.480. The van der Waals surface area contributed by atoms with Crippen LogP contribution in [0.3, 0.4) is 0 Å². The quantitative estimate of drug-likeness (QED) is 0.410. The maximum Gasteiger partial charge on any atom is 0.236 e. The molecule has 3 N–H and O–H groups in total. The van der Waals surface area contributed by atoms with Gasteiger partial charge in [-0.15, -0.1) is 11.3 Å². The van der Waals surface area contributed by atoms with Crippen LogP contribution in [0, 0.1) is 6.92 Å². The first-order valence-electron chi connectivity index (χ1n) is 11.6. The Morgan fingerprint density at radius 1 is 1.36 bits per heavy atom. The molecular weight excluding hydrogens is 432 g/mol. The number of aliphatic imine (C=N–C) groups is 1. The van der Waals surface area contributed by atoms with Crippen molar-refractivity contribution in [1.29, 1.82) is 0 Å². The highest BCUT2D eigenvalue weighted by Crippen LogP contribution is 2.43. The number of pyridine rings is 1. The van der Waals surface area contributed by atoms with Gasteiger partial charge in [0, 0.05) is 29.7 Å². The minimum absolute atomic E-state index is 0.232. The number of aromatic amines is 1. The molecule has 7 nitrogen and oxygen atoms in total. The van der Waals surface area contributed by atoms with E-state index in [-0.39, 0.29) is 5.91 Å². The number of fused-ring (bicyclic) bond motifs is 1. The summed E-state index contributed by atoms with van der Waals surface area (Å²) in [4.78, 5) is 30.1. The van der Waals surface area contributed by atoms with Gasteiger partial charge in [0.05, 0.1) is 28.8 Å². The number of carbonyl (C=O) groups is 1. The first-order chi connectivity index (χ1) is 15.8. The van der Waals surface area contributed by atoms with E-state index in [0.717, 1.165) is 42.8 Å². The van der Waals surface area contributed by atoms with Crippen molar-refractivity contribution in [2.24, 2.45) is 10.7 Å². The van der Waals surface area contributed by atoms with E-state index in [0.29, 0.717) is 24.2 Å². The molecule has 0 aromatic carbocycles. The molecule has 1 fully saturated rings. The highest BCUT2D eigenvalue weighted by molar-refractivity contribution is 7.19. The van der Waals surface area contributed by atoms with Gasteiger partial charge in [-0.05, 0) is 69.0 Å². The minimum Gasteiger partial charge on any atom is -0.390 e. The average molecular weight is 467 g/mol. The molecule has 0 unspecified atom stereocenters. The molecule has 1 aliphatic rings. The molecule has 3 aromatic heterocycles. The molecule has 176 valence electrons. The highest BCUT2D eigenvalue weighted by atomic mass is 32.1. The van der Waals surface area contributed by atoms with Gasteiger partial charge in [0.1, 0.15) is 0 Å². The molecule has 0 saturated carbocycles. The molecule has 1 aliphatic heterocycles. The summed E-state index contributed by atoms with van der Waals surface area (Å²) in [7, 11) is 3.89. The van der Waals surface area contributed by atoms with E-state index >= 15 is 0 Å². The predicted octanol–water partition coefficient (Wildman–Crippen LogP) is 4.61. The maximum absolute atomic E-state index is 12.4. The predicted molar refractivity (Wildman–Crippen MR) is 138 cm³/mol. The number of carbonyl (C=O) groups excluding carboxylic acids is 1. The molecule has 0 bridgehead atoms. The Kier molecular flexibility index (Phi) is 6.86. The van der Waals surface area contributed by atoms with Crippen LogP contribution in [0.5, 0.6) is 0 Å². The van der Waals surface area contributed by atoms with Gasteiger partial charge in [-0.25, -0.2) is 9.98 Å². The van der Waals surface area contributed by atoms with Crippen LogP contribution < -0.4 is 5.73 Å². The van der Waals surface area contributed by atoms with Crippen LogP contribution >= 0.6 is 11.3 Å². The Bertz CT molecular complexity index is 1170. The molecule has 3 aromatic rings. The van der Waals surface area contributed by atoms with E-state index in [1.807, 2.05) is 48.4 Å². The summed E-state index contributed by atoms with van der Waals surface area (Å²) < 4.78 is 1.34. The van der Waals surface area contributed by atoms with Gasteiger partial charge in [0.15, 0.2) is 5.82 Å². The van der Waals surface area contributed by atoms with Crippen molar-refractivity contribution >= 4 is 39.6 Å². The zero-order valence-electron chi connectivity index (χ0n) is 20.2. The molecule has 8 heteroatoms. The van der Waals surface area contributed by atoms with E-state index in [1.165, 1.54) is 27.0 Å². The van der Waals surface area contributed by atoms with Crippen molar-refractivity contribution in [2.45, 2.75) is 45.4 Å². The van der Waals surface area contributed by atoms with Crippen molar-refractivity contribution < 1.29 is 4.79 Å². The summed E-state index contributed by atoms with van der Waals surface area (Å²) in [6.45, 7) is 8.66. The van der Waals surface area contributed by atoms with Crippen molar-refractivity contribution in [2.75, 3.05) is 33.7 Å². The van der Waals surface area contributed by atoms with Crippen molar-refractivity contribution in [3.05, 3.63) is 34.3 Å². The largest absolute Gasteiger partial charge is 0.390 e. The van der Waals surface area contributed by atoms with Crippen molar-refractivity contribution in [3.8, 4) is 11.3 Å². The van der Waals surface area contributed by atoms with E-state index in [9.17, 15) is 4.79 Å². The minimum atomic E-state index is 0.232. The molecule has 4 rings (SSSR count). The molecular formula is C25H34N6OS. The Balaban J connectivity index is 1.58. The smallest absolute Gasteiger partial charge is 0.236 e. The topological polar surface area (TPSA) is 90.6 Å². The fourth-order valence-electron chi connectivity index (χ4n) is 4.69. The summed E-state index contributed by atoms with van der Waals surface area (Å²) in [6, 6.07) is 4.45. The number of aromatic nitrogens is 2. The number of likely N-dealkylation sites (tertiary alicyclic amines) is 1. The summed E-state index contributed by atoms with van der Waals surface area (Å²) >= 11 is 1.91. The molecule has 33 heavy (non-hydrogen) atoms. The third-order valence-electron chi connectivity index (χ3n) is 6.34. The highest BCUT2D eigenvalue weighted by Gasteiger charge is 2.27. The van der Waals surface area contributed by atoms with Gasteiger partial charge in [-0.1, -0.05) is 13.8 Å². The van der Waals surface area contributed by atoms with E-state index in [4.69, 9.17) is 5.73 Å². The second kappa shape index (κ2) is 9.65. The number of rotatable bonds is 6. The lowest BCUT2D eigenvalue weighted by molar-refractivity contribution is -0.132. The molecule has 0 radical (unpaired) electrons.